The minimum Gasteiger partial charge on any atom is -0.497 e. The minimum absolute atomic E-state index is 0. The highest BCUT2D eigenvalue weighted by Gasteiger charge is 2.38. The molecular weight excluding hydrogens is 1500 g/mol. The number of rotatable bonds is 32. The van der Waals surface area contributed by atoms with Crippen molar-refractivity contribution < 1.29 is 99.1 Å². The molecule has 0 aliphatic carbocycles. The number of benzene rings is 6. The van der Waals surface area contributed by atoms with E-state index < -0.39 is 142 Å². The van der Waals surface area contributed by atoms with Gasteiger partial charge in [0.2, 0.25) is 17.7 Å². The zero-order valence-corrected chi connectivity index (χ0v) is 64.1. The number of nitrogens with two attached hydrogens (primary N) is 2. The highest BCUT2D eigenvalue weighted by Crippen LogP contribution is 2.27. The van der Waals surface area contributed by atoms with Crippen LogP contribution in [0.1, 0.15) is 91.4 Å². The van der Waals surface area contributed by atoms with E-state index in [0.29, 0.717) is 80.2 Å². The molecule has 596 valence electrons. The second-order valence-electron chi connectivity index (χ2n) is 26.6. The van der Waals surface area contributed by atoms with E-state index in [1.54, 1.807) is 87.5 Å². The Morgan fingerprint density at radius 1 is 0.514 bits per heavy atom. The third-order valence-electron chi connectivity index (χ3n) is 17.0. The molecule has 8 aromatic rings. The number of carboxylic acids is 1. The lowest BCUT2D eigenvalue weighted by Crippen LogP contribution is -2.56. The fourth-order valence-corrected chi connectivity index (χ4v) is 13.9. The molecule has 0 unspecified atom stereocenters. The number of para-hydroxylation sites is 2. The van der Waals surface area contributed by atoms with Crippen LogP contribution in [0, 0.1) is 0 Å². The number of alkyl carbamates (subject to hydrolysis) is 1. The van der Waals surface area contributed by atoms with Gasteiger partial charge < -0.3 is 71.7 Å². The molecule has 6 aromatic carbocycles. The van der Waals surface area contributed by atoms with Crippen molar-refractivity contribution in [1.82, 2.24) is 40.2 Å². The number of primary amides is 2. The van der Waals surface area contributed by atoms with E-state index in [2.05, 4.69) is 31.2 Å². The largest absolute Gasteiger partial charge is 0.497 e. The van der Waals surface area contributed by atoms with Gasteiger partial charge in [-0.25, -0.2) is 36.4 Å². The van der Waals surface area contributed by atoms with Crippen LogP contribution in [0.3, 0.4) is 0 Å². The topological polar surface area (TPSA) is 445 Å². The third kappa shape index (κ3) is 27.3. The summed E-state index contributed by atoms with van der Waals surface area (Å²) in [5.74, 6) is -4.26. The van der Waals surface area contributed by atoms with Gasteiger partial charge in [0.25, 0.3) is 31.9 Å². The van der Waals surface area contributed by atoms with Crippen molar-refractivity contribution >= 4 is 95.9 Å². The van der Waals surface area contributed by atoms with Crippen LogP contribution < -0.4 is 42.2 Å². The van der Waals surface area contributed by atoms with Crippen LogP contribution in [0.5, 0.6) is 11.5 Å². The molecule has 2 aliphatic heterocycles. The van der Waals surface area contributed by atoms with Gasteiger partial charge in [0, 0.05) is 37.2 Å². The molecule has 6 amide bonds. The molecule has 2 saturated heterocycles. The Labute approximate surface area is 649 Å². The van der Waals surface area contributed by atoms with Gasteiger partial charge in [0.15, 0.2) is 0 Å². The maximum Gasteiger partial charge on any atom is 0.407 e. The maximum absolute atomic E-state index is 13.9. The van der Waals surface area contributed by atoms with Crippen molar-refractivity contribution in [3.05, 3.63) is 205 Å². The second-order valence-corrected chi connectivity index (χ2v) is 30.2. The predicted octanol–water partition coefficient (Wildman–Crippen LogP) is 6.12. The summed E-state index contributed by atoms with van der Waals surface area (Å²) in [5.41, 5.74) is 12.5. The number of carboxylic acid groups (broad SMARTS) is 1. The first kappa shape index (κ1) is 87.9. The quantitative estimate of drug-likeness (QED) is 0.0214. The lowest BCUT2D eigenvalue weighted by molar-refractivity contribution is -0.170. The molecule has 0 spiro atoms. The number of carbonyl (C=O) groups is 7. The van der Waals surface area contributed by atoms with Crippen LogP contribution >= 0.6 is 12.4 Å². The molecule has 4 heterocycles. The summed E-state index contributed by atoms with van der Waals surface area (Å²) in [4.78, 5) is 106. The summed E-state index contributed by atoms with van der Waals surface area (Å²) in [6.45, 7) is 5.85. The van der Waals surface area contributed by atoms with Gasteiger partial charge in [0.05, 0.1) is 97.5 Å². The average Bonchev–Trinajstić information content (AvgIpc) is 0.798. The maximum atomic E-state index is 13.9. The fourth-order valence-electron chi connectivity index (χ4n) is 11.3. The van der Waals surface area contributed by atoms with Crippen molar-refractivity contribution in [3.63, 3.8) is 0 Å². The molecule has 6 atom stereocenters. The van der Waals surface area contributed by atoms with E-state index >= 15 is 0 Å². The van der Waals surface area contributed by atoms with Gasteiger partial charge in [-0.15, -0.1) is 12.4 Å². The zero-order chi connectivity index (χ0) is 79.5. The first-order valence-corrected chi connectivity index (χ1v) is 38.1. The van der Waals surface area contributed by atoms with Crippen LogP contribution in [-0.2, 0) is 76.0 Å². The molecular formula is C77H93ClN10O21S2. The number of fused-ring (bicyclic) bond motifs is 2. The molecule has 34 heteroatoms. The van der Waals surface area contributed by atoms with Crippen molar-refractivity contribution in [1.29, 1.82) is 0 Å². The van der Waals surface area contributed by atoms with Crippen LogP contribution in [0.25, 0.3) is 21.8 Å². The number of ether oxygens (including phenoxy) is 5. The van der Waals surface area contributed by atoms with Crippen molar-refractivity contribution in [2.24, 2.45) is 11.5 Å². The summed E-state index contributed by atoms with van der Waals surface area (Å²) in [6.07, 6.45) is -3.35. The number of aromatic nitrogens is 2. The number of amides is 6. The van der Waals surface area contributed by atoms with Crippen LogP contribution in [0.2, 0.25) is 0 Å². The van der Waals surface area contributed by atoms with E-state index in [1.807, 2.05) is 54.6 Å². The predicted molar refractivity (Wildman–Crippen MR) is 410 cm³/mol. The number of carbonyl (C=O) groups excluding carboxylic acids is 6. The summed E-state index contributed by atoms with van der Waals surface area (Å²) in [6, 6.07) is 45.9. The van der Waals surface area contributed by atoms with Crippen molar-refractivity contribution in [3.8, 4) is 11.5 Å². The standard InChI is InChI=1S/C36H41N5O9S.C27H38N2O8S.C14H13N3O4.ClH/c1-48-26-12-14-28(15-13-26)51(46,47)41(50-27-17-19-49-20-18-27)23-33(42)31(21-24-7-3-2-4-8-24)39-36(45)32(22-34(37)43)40-35(44)30-16-11-25-9-5-6-10-29(25)38-30;1-27(2,3)36-26(31)28-24(18-20-8-6-5-7-9-20)25(30)19-29(37-22-14-16-35-17-15-22)38(32,33)23-12-10-21(34-4)11-13-23;15-12(18)7-11(14(20)21)17-13(19)10-6-5-8-3-1-2-4-9(8)16-10;/h2-16,27,31-33,42H,17-23H2,1H3,(H2,37,43)(H,39,45)(H,40,44);5-13,22,24-25,30H,14-19H2,1-4H3,(H,28,31);1-6,11H,7H2,(H2,15,18)(H,17,19)(H,20,21);1H/t31-,32-,33+;24-,25+;11-;/m000./s1. The molecule has 2 fully saturated rings. The summed E-state index contributed by atoms with van der Waals surface area (Å²) in [7, 11) is -5.56. The number of hydrogen-bond donors (Lipinski definition) is 9. The highest BCUT2D eigenvalue weighted by molar-refractivity contribution is 7.89. The molecule has 10 rings (SSSR count). The van der Waals surface area contributed by atoms with Gasteiger partial charge >= 0.3 is 12.1 Å². The molecule has 2 aromatic heterocycles. The van der Waals surface area contributed by atoms with Gasteiger partial charge in [-0.2, -0.15) is 0 Å². The first-order chi connectivity index (χ1) is 52.5. The van der Waals surface area contributed by atoms with Crippen LogP contribution in [0.4, 0.5) is 4.79 Å². The van der Waals surface area contributed by atoms with Gasteiger partial charge in [0.1, 0.15) is 40.6 Å². The molecule has 31 nitrogen and oxygen atoms in total. The lowest BCUT2D eigenvalue weighted by Gasteiger charge is -2.33. The number of hydrogen-bond acceptors (Lipinski definition) is 22. The normalized spacial score (nSPS) is 15.0. The minimum atomic E-state index is -4.33. The van der Waals surface area contributed by atoms with Gasteiger partial charge in [-0.1, -0.05) is 118 Å². The number of nitrogens with one attached hydrogen (secondary N) is 4. The SMILES string of the molecule is COc1ccc(S(=O)(=O)N(C[C@@H](O)[C@H](Cc2ccccc2)NC(=O)OC(C)(C)C)OC2CCOCC2)cc1.COc1ccc(S(=O)(=O)N(C[C@@H](O)[C@H](Cc2ccccc2)NC(=O)[C@H](CC(N)=O)NC(=O)c2ccc3ccccc3n2)OC2CCOCC2)cc1.Cl.NC(=O)C[C@H](NC(=O)c1ccc2ccccc2n1)C(=O)O. The Hall–Kier alpha value is -10.3. The average molecular weight is 1590 g/mol. The lowest BCUT2D eigenvalue weighted by atomic mass is 10.00. The molecule has 0 saturated carbocycles. The molecule has 11 N–H and O–H groups in total. The summed E-state index contributed by atoms with van der Waals surface area (Å²) in [5, 5.41) is 43.8. The van der Waals surface area contributed by atoms with Crippen LogP contribution in [0.15, 0.2) is 192 Å². The van der Waals surface area contributed by atoms with E-state index in [-0.39, 0.29) is 46.4 Å². The van der Waals surface area contributed by atoms with E-state index in [1.165, 1.54) is 74.9 Å². The number of halogens is 1. The Balaban J connectivity index is 0.000000250. The zero-order valence-electron chi connectivity index (χ0n) is 61.7. The number of aliphatic carboxylic acids is 1. The van der Waals surface area contributed by atoms with Crippen molar-refractivity contribution in [2.45, 2.75) is 136 Å². The number of hydroxylamine groups is 2. The first-order valence-electron chi connectivity index (χ1n) is 35.2. The number of aliphatic hydroxyl groups is 2. The third-order valence-corrected chi connectivity index (χ3v) is 20.3. The monoisotopic (exact) mass is 1590 g/mol. The Morgan fingerprint density at radius 3 is 1.26 bits per heavy atom. The molecule has 111 heavy (non-hydrogen) atoms. The van der Waals surface area contributed by atoms with Gasteiger partial charge in [-0.05, 0) is 143 Å². The number of aliphatic hydroxyl groups excluding tert-OH is 2. The van der Waals surface area contributed by atoms with Crippen molar-refractivity contribution in [2.75, 3.05) is 53.7 Å². The van der Waals surface area contributed by atoms with Gasteiger partial charge in [-0.3, -0.25) is 33.6 Å². The number of nitrogens with zero attached hydrogens (tertiary/aromatic N) is 4. The number of methoxy groups -OCH3 is 2. The Bertz CT molecular complexity index is 4620. The second kappa shape index (κ2) is 42.2. The highest BCUT2D eigenvalue weighted by atomic mass is 35.5. The molecule has 2 aliphatic rings. The molecule has 0 radical (unpaired) electrons. The summed E-state index contributed by atoms with van der Waals surface area (Å²) < 4.78 is 83.2. The fraction of sp³-hybridized carbons (Fsp3) is 0.364. The van der Waals surface area contributed by atoms with E-state index in [9.17, 15) is 60.6 Å². The Morgan fingerprint density at radius 2 is 0.883 bits per heavy atom. The van der Waals surface area contributed by atoms with E-state index in [4.69, 9.17) is 49.9 Å². The Kier molecular flexibility index (Phi) is 33.4. The summed E-state index contributed by atoms with van der Waals surface area (Å²) >= 11 is 0. The number of sulfonamides is 2. The number of pyridine rings is 2. The van der Waals surface area contributed by atoms with Crippen LogP contribution in [-0.4, -0.2) is 201 Å². The molecule has 0 bridgehead atoms. The smallest absolute Gasteiger partial charge is 0.407 e. The van der Waals surface area contributed by atoms with E-state index in [0.717, 1.165) is 25.3 Å².